The molecule has 0 saturated carbocycles. The van der Waals surface area contributed by atoms with Gasteiger partial charge >= 0.3 is 19.8 Å². The number of nitrogens with zero attached hydrogens (tertiary/aromatic N) is 1. The Morgan fingerprint density at radius 1 is 0.298 bits per heavy atom. The van der Waals surface area contributed by atoms with Gasteiger partial charge in [-0.25, -0.2) is 4.57 Å². The Hall–Kier alpha value is -6.45. The first kappa shape index (κ1) is 97.5. The maximum atomic E-state index is 12.9. The molecule has 0 rings (SSSR count). The molecule has 580 valence electrons. The minimum absolute atomic E-state index is 0.0135. The summed E-state index contributed by atoms with van der Waals surface area (Å²) in [4.78, 5) is 36.0. The first-order chi connectivity index (χ1) is 51.0. The zero-order chi connectivity index (χ0) is 75.4. The standard InChI is InChI=1S/C94H146NO8P/c1-6-8-10-12-14-16-18-20-22-24-26-28-30-32-34-36-38-40-42-44-46-47-49-50-52-54-56-58-60-62-64-66-68-70-72-74-76-78-80-82-84-86-93(96)100-90-92(91-102-104(98,99)101-89-88-95(3,4)5)103-94(97)87-85-83-81-79-77-75-73-71-69-67-65-63-61-59-57-55-53-51-48-45-43-41-39-37-35-33-31-29-27-25-23-21-19-17-15-13-11-9-7-2/h8-11,14-17,20-23,26-29,32-35,38-41,44-46,48-50,53-56,59-62,65,67,71,73,92H,6-7,12-13,18-19,24-25,30-31,36-37,42-43,47,51-52,57-58,63-64,66,68-70,72,74-91H2,1-5H3/p+1/b10-8-,11-9-,16-14-,17-15-,22-20-,23-21-,28-26-,29-27-,34-32-,35-33-,40-38-,41-39-,46-44-,48-45-,50-49-,55-53-,56-54-,61-59-,62-60-,67-65-,73-71-. The topological polar surface area (TPSA) is 108 Å². The van der Waals surface area contributed by atoms with E-state index in [9.17, 15) is 19.0 Å². The minimum Gasteiger partial charge on any atom is -0.462 e. The van der Waals surface area contributed by atoms with Crippen LogP contribution in [0.15, 0.2) is 255 Å². The highest BCUT2D eigenvalue weighted by atomic mass is 31.2. The normalized spacial score (nSPS) is 14.4. The van der Waals surface area contributed by atoms with Crippen molar-refractivity contribution in [3.8, 4) is 0 Å². The molecule has 0 aromatic carbocycles. The summed E-state index contributed by atoms with van der Waals surface area (Å²) in [5.41, 5.74) is 0. The second kappa shape index (κ2) is 80.6. The van der Waals surface area contributed by atoms with E-state index >= 15 is 0 Å². The quantitative estimate of drug-likeness (QED) is 0.0211. The van der Waals surface area contributed by atoms with E-state index in [0.717, 1.165) is 199 Å². The van der Waals surface area contributed by atoms with E-state index < -0.39 is 26.5 Å². The van der Waals surface area contributed by atoms with Crippen molar-refractivity contribution < 1.29 is 42.1 Å². The van der Waals surface area contributed by atoms with Crippen molar-refractivity contribution in [1.29, 1.82) is 0 Å². The lowest BCUT2D eigenvalue weighted by Gasteiger charge is -2.24. The molecule has 1 N–H and O–H groups in total. The number of likely N-dealkylation sites (N-methyl/N-ethyl adjacent to an activating group) is 1. The monoisotopic (exact) mass is 1450 g/mol. The summed E-state index contributed by atoms with van der Waals surface area (Å²) in [5.74, 6) is -0.842. The van der Waals surface area contributed by atoms with Gasteiger partial charge < -0.3 is 18.9 Å². The van der Waals surface area contributed by atoms with E-state index in [0.29, 0.717) is 17.4 Å². The van der Waals surface area contributed by atoms with Crippen LogP contribution >= 0.6 is 7.82 Å². The molecular weight excluding hydrogens is 1300 g/mol. The molecule has 2 unspecified atom stereocenters. The average Bonchev–Trinajstić information content (AvgIpc) is 0.915. The van der Waals surface area contributed by atoms with Crippen molar-refractivity contribution >= 4 is 19.8 Å². The van der Waals surface area contributed by atoms with E-state index in [2.05, 4.69) is 269 Å². The molecule has 10 heteroatoms. The lowest BCUT2D eigenvalue weighted by molar-refractivity contribution is -0.870. The van der Waals surface area contributed by atoms with Gasteiger partial charge in [-0.05, 0) is 173 Å². The summed E-state index contributed by atoms with van der Waals surface area (Å²) in [6.07, 6.45) is 132. The van der Waals surface area contributed by atoms with Crippen LogP contribution in [0.2, 0.25) is 0 Å². The van der Waals surface area contributed by atoms with Gasteiger partial charge in [0.1, 0.15) is 19.8 Å². The summed E-state index contributed by atoms with van der Waals surface area (Å²) in [6, 6.07) is 0. The summed E-state index contributed by atoms with van der Waals surface area (Å²) in [5, 5.41) is 0. The third-order valence-electron chi connectivity index (χ3n) is 16.1. The number of allylic oxidation sites excluding steroid dienone is 42. The summed E-state index contributed by atoms with van der Waals surface area (Å²) in [6.45, 7) is 4.15. The fourth-order valence-corrected chi connectivity index (χ4v) is 10.7. The predicted molar refractivity (Wildman–Crippen MR) is 453 cm³/mol. The number of phosphoric ester groups is 1. The zero-order valence-corrected chi connectivity index (χ0v) is 67.0. The fourth-order valence-electron chi connectivity index (χ4n) is 9.99. The average molecular weight is 1450 g/mol. The zero-order valence-electron chi connectivity index (χ0n) is 66.1. The van der Waals surface area contributed by atoms with Crippen molar-refractivity contribution in [1.82, 2.24) is 0 Å². The van der Waals surface area contributed by atoms with Gasteiger partial charge in [-0.3, -0.25) is 18.6 Å². The summed E-state index contributed by atoms with van der Waals surface area (Å²) in [7, 11) is 1.43. The number of carbonyl (C=O) groups is 2. The van der Waals surface area contributed by atoms with Crippen LogP contribution in [-0.4, -0.2) is 74.9 Å². The number of ether oxygens (including phenoxy) is 2. The van der Waals surface area contributed by atoms with Crippen molar-refractivity contribution in [2.24, 2.45) is 0 Å². The first-order valence-corrected chi connectivity index (χ1v) is 41.9. The van der Waals surface area contributed by atoms with Crippen LogP contribution in [0.1, 0.15) is 271 Å². The van der Waals surface area contributed by atoms with E-state index in [1.807, 2.05) is 21.1 Å². The van der Waals surface area contributed by atoms with Crippen molar-refractivity contribution in [3.05, 3.63) is 255 Å². The number of hydrogen-bond acceptors (Lipinski definition) is 7. The predicted octanol–water partition coefficient (Wildman–Crippen LogP) is 27.6. The number of unbranched alkanes of at least 4 members (excludes halogenated alkanes) is 15. The SMILES string of the molecule is CC/C=C\C/C=C\C/C=C\C/C=C\C/C=C\C/C=C\C/C=C\C/C=C\C/C=C\C/C=C\C/C=C\CCCCCCCC(=O)OC(COC(=O)CCCCCCCCCCCC/C=C\C/C=C\C/C=C\C/C=C\C/C=C\C/C=C\C/C=C\C/C=C\C/C=C\C/C=C\CC)COP(=O)(O)OCC[N+](C)(C)C. The molecule has 0 saturated heterocycles. The second-order valence-corrected chi connectivity index (χ2v) is 28.4. The summed E-state index contributed by atoms with van der Waals surface area (Å²) < 4.78 is 34.8. The number of esters is 2. The molecule has 0 amide bonds. The molecule has 0 aliphatic rings. The van der Waals surface area contributed by atoms with Gasteiger partial charge in [-0.15, -0.1) is 0 Å². The highest BCUT2D eigenvalue weighted by molar-refractivity contribution is 7.47. The number of hydrogen-bond donors (Lipinski definition) is 1. The lowest BCUT2D eigenvalue weighted by atomic mass is 10.1. The van der Waals surface area contributed by atoms with Gasteiger partial charge in [0.25, 0.3) is 0 Å². The maximum absolute atomic E-state index is 12.9. The van der Waals surface area contributed by atoms with Gasteiger partial charge in [0.2, 0.25) is 0 Å². The second-order valence-electron chi connectivity index (χ2n) is 27.0. The number of phosphoric acid groups is 1. The molecule has 0 bridgehead atoms. The van der Waals surface area contributed by atoms with E-state index in [1.54, 1.807) is 0 Å². The van der Waals surface area contributed by atoms with Crippen molar-refractivity contribution in [2.45, 2.75) is 277 Å². The Morgan fingerprint density at radius 3 is 0.769 bits per heavy atom. The molecule has 0 heterocycles. The lowest BCUT2D eigenvalue weighted by Crippen LogP contribution is -2.37. The summed E-state index contributed by atoms with van der Waals surface area (Å²) >= 11 is 0. The molecule has 104 heavy (non-hydrogen) atoms. The van der Waals surface area contributed by atoms with E-state index in [4.69, 9.17) is 18.5 Å². The van der Waals surface area contributed by atoms with Crippen molar-refractivity contribution in [3.63, 3.8) is 0 Å². The molecule has 9 nitrogen and oxygen atoms in total. The fraction of sp³-hybridized carbons (Fsp3) is 0.532. The van der Waals surface area contributed by atoms with Gasteiger partial charge in [0.15, 0.2) is 6.10 Å². The van der Waals surface area contributed by atoms with Gasteiger partial charge in [-0.1, -0.05) is 340 Å². The van der Waals surface area contributed by atoms with E-state index in [-0.39, 0.29) is 32.0 Å². The molecule has 0 aliphatic carbocycles. The van der Waals surface area contributed by atoms with Crippen LogP contribution in [0.4, 0.5) is 0 Å². The maximum Gasteiger partial charge on any atom is 0.472 e. The van der Waals surface area contributed by atoms with Crippen LogP contribution in [0.25, 0.3) is 0 Å². The Bertz CT molecular complexity index is 2720. The molecule has 0 radical (unpaired) electrons. The van der Waals surface area contributed by atoms with Crippen LogP contribution in [0, 0.1) is 0 Å². The highest BCUT2D eigenvalue weighted by Crippen LogP contribution is 2.43. The van der Waals surface area contributed by atoms with Crippen LogP contribution < -0.4 is 0 Å². The smallest absolute Gasteiger partial charge is 0.462 e. The Labute approximate surface area is 637 Å². The number of rotatable bonds is 71. The minimum atomic E-state index is -4.42. The Morgan fingerprint density at radius 2 is 0.519 bits per heavy atom. The number of quaternary nitrogens is 1. The van der Waals surface area contributed by atoms with Crippen molar-refractivity contribution in [2.75, 3.05) is 47.5 Å². The largest absolute Gasteiger partial charge is 0.472 e. The van der Waals surface area contributed by atoms with Crippen LogP contribution in [0.5, 0.6) is 0 Å². The first-order valence-electron chi connectivity index (χ1n) is 40.4. The highest BCUT2D eigenvalue weighted by Gasteiger charge is 2.27. The molecule has 0 fully saturated rings. The molecular formula is C94H147NO8P+. The molecule has 2 atom stereocenters. The van der Waals surface area contributed by atoms with Crippen LogP contribution in [0.3, 0.4) is 0 Å². The number of carbonyl (C=O) groups excluding carboxylic acids is 2. The third kappa shape index (κ3) is 84.5. The molecule has 0 aromatic rings. The molecule has 0 aromatic heterocycles. The molecule has 0 aliphatic heterocycles. The van der Waals surface area contributed by atoms with Gasteiger partial charge in [0, 0.05) is 12.8 Å². The van der Waals surface area contributed by atoms with Gasteiger partial charge in [-0.2, -0.15) is 0 Å². The Balaban J connectivity index is 4.15. The van der Waals surface area contributed by atoms with E-state index in [1.165, 1.54) is 38.5 Å². The molecule has 0 spiro atoms. The van der Waals surface area contributed by atoms with Gasteiger partial charge in [0.05, 0.1) is 27.7 Å². The third-order valence-corrected chi connectivity index (χ3v) is 17.0. The van der Waals surface area contributed by atoms with Crippen LogP contribution in [-0.2, 0) is 32.7 Å². The Kier molecular flexibility index (Phi) is 75.6.